The summed E-state index contributed by atoms with van der Waals surface area (Å²) in [5.74, 6) is 1.47. The van der Waals surface area contributed by atoms with Gasteiger partial charge in [-0.25, -0.2) is 0 Å². The van der Waals surface area contributed by atoms with Crippen LogP contribution in [0.1, 0.15) is 0 Å². The fourth-order valence-electron chi connectivity index (χ4n) is 1.24. The SMILES string of the molecule is Nc1ccc(Oc2ccccc2)cc1N. The lowest BCUT2D eigenvalue weighted by Gasteiger charge is -2.07. The van der Waals surface area contributed by atoms with E-state index in [9.17, 15) is 0 Å². The molecule has 2 aromatic rings. The average molecular weight is 200 g/mol. The fourth-order valence-corrected chi connectivity index (χ4v) is 1.24. The molecule has 3 nitrogen and oxygen atoms in total. The van der Waals surface area contributed by atoms with Crippen LogP contribution in [-0.4, -0.2) is 0 Å². The molecular formula is C12H12N2O. The lowest BCUT2D eigenvalue weighted by atomic mass is 10.2. The molecule has 0 unspecified atom stereocenters. The maximum Gasteiger partial charge on any atom is 0.129 e. The van der Waals surface area contributed by atoms with Gasteiger partial charge in [0, 0.05) is 6.07 Å². The molecule has 0 atom stereocenters. The van der Waals surface area contributed by atoms with Crippen molar-refractivity contribution in [3.05, 3.63) is 48.5 Å². The van der Waals surface area contributed by atoms with Crippen LogP contribution in [0, 0.1) is 0 Å². The van der Waals surface area contributed by atoms with Gasteiger partial charge in [-0.2, -0.15) is 0 Å². The summed E-state index contributed by atoms with van der Waals surface area (Å²) in [6, 6.07) is 14.8. The Morgan fingerprint density at radius 1 is 0.733 bits per heavy atom. The van der Waals surface area contributed by atoms with Crippen molar-refractivity contribution in [1.82, 2.24) is 0 Å². The third-order valence-electron chi connectivity index (χ3n) is 2.04. The van der Waals surface area contributed by atoms with Crippen LogP contribution in [0.5, 0.6) is 11.5 Å². The summed E-state index contributed by atoms with van der Waals surface area (Å²) in [5, 5.41) is 0. The summed E-state index contributed by atoms with van der Waals surface area (Å²) in [7, 11) is 0. The second-order valence-electron chi connectivity index (χ2n) is 3.21. The largest absolute Gasteiger partial charge is 0.457 e. The van der Waals surface area contributed by atoms with Crippen LogP contribution in [0.2, 0.25) is 0 Å². The number of rotatable bonds is 2. The van der Waals surface area contributed by atoms with Crippen LogP contribution in [-0.2, 0) is 0 Å². The Morgan fingerprint density at radius 3 is 2.13 bits per heavy atom. The van der Waals surface area contributed by atoms with E-state index in [0.717, 1.165) is 5.75 Å². The van der Waals surface area contributed by atoms with Crippen molar-refractivity contribution >= 4 is 11.4 Å². The van der Waals surface area contributed by atoms with E-state index in [4.69, 9.17) is 16.2 Å². The minimum Gasteiger partial charge on any atom is -0.457 e. The first-order valence-corrected chi connectivity index (χ1v) is 4.63. The number of hydrogen-bond acceptors (Lipinski definition) is 3. The molecule has 0 radical (unpaired) electrons. The van der Waals surface area contributed by atoms with Crippen LogP contribution in [0.25, 0.3) is 0 Å². The Bertz CT molecular complexity index is 454. The highest BCUT2D eigenvalue weighted by Crippen LogP contribution is 2.25. The molecule has 3 heteroatoms. The second kappa shape index (κ2) is 3.92. The van der Waals surface area contributed by atoms with E-state index in [2.05, 4.69) is 0 Å². The van der Waals surface area contributed by atoms with Crippen LogP contribution in [0.3, 0.4) is 0 Å². The molecule has 0 spiro atoms. The molecule has 2 rings (SSSR count). The van der Waals surface area contributed by atoms with Gasteiger partial charge in [-0.15, -0.1) is 0 Å². The molecule has 0 bridgehead atoms. The minimum atomic E-state index is 0.531. The van der Waals surface area contributed by atoms with Gasteiger partial charge in [-0.3, -0.25) is 0 Å². The Morgan fingerprint density at radius 2 is 1.47 bits per heavy atom. The number of benzene rings is 2. The minimum absolute atomic E-state index is 0.531. The highest BCUT2D eigenvalue weighted by atomic mass is 16.5. The maximum absolute atomic E-state index is 5.67. The molecule has 0 saturated heterocycles. The number of nitrogens with two attached hydrogens (primary N) is 2. The lowest BCUT2D eigenvalue weighted by Crippen LogP contribution is -1.94. The topological polar surface area (TPSA) is 61.3 Å². The van der Waals surface area contributed by atoms with Crippen molar-refractivity contribution in [2.75, 3.05) is 11.5 Å². The van der Waals surface area contributed by atoms with E-state index in [1.165, 1.54) is 0 Å². The van der Waals surface area contributed by atoms with E-state index in [1.807, 2.05) is 30.3 Å². The summed E-state index contributed by atoms with van der Waals surface area (Å²) in [4.78, 5) is 0. The van der Waals surface area contributed by atoms with Crippen molar-refractivity contribution < 1.29 is 4.74 Å². The van der Waals surface area contributed by atoms with Gasteiger partial charge in [0.05, 0.1) is 11.4 Å². The van der Waals surface area contributed by atoms with Crippen molar-refractivity contribution in [2.24, 2.45) is 0 Å². The molecule has 2 aromatic carbocycles. The molecular weight excluding hydrogens is 188 g/mol. The van der Waals surface area contributed by atoms with E-state index < -0.39 is 0 Å². The van der Waals surface area contributed by atoms with E-state index in [-0.39, 0.29) is 0 Å². The predicted octanol–water partition coefficient (Wildman–Crippen LogP) is 2.64. The summed E-state index contributed by atoms with van der Waals surface area (Å²) in [6.45, 7) is 0. The van der Waals surface area contributed by atoms with E-state index in [0.29, 0.717) is 17.1 Å². The second-order valence-corrected chi connectivity index (χ2v) is 3.21. The average Bonchev–Trinajstić information content (AvgIpc) is 2.25. The van der Waals surface area contributed by atoms with Crippen molar-refractivity contribution in [3.8, 4) is 11.5 Å². The van der Waals surface area contributed by atoms with Gasteiger partial charge in [0.1, 0.15) is 11.5 Å². The summed E-state index contributed by atoms with van der Waals surface area (Å²) >= 11 is 0. The van der Waals surface area contributed by atoms with Crippen LogP contribution >= 0.6 is 0 Å². The Kier molecular flexibility index (Phi) is 2.46. The number of hydrogen-bond donors (Lipinski definition) is 2. The molecule has 0 saturated carbocycles. The van der Waals surface area contributed by atoms with Gasteiger partial charge in [0.2, 0.25) is 0 Å². The fraction of sp³-hybridized carbons (Fsp3) is 0. The molecule has 0 aromatic heterocycles. The molecule has 4 N–H and O–H groups in total. The smallest absolute Gasteiger partial charge is 0.129 e. The molecule has 0 heterocycles. The summed E-state index contributed by atoms with van der Waals surface area (Å²) < 4.78 is 5.58. The Hall–Kier alpha value is -2.16. The standard InChI is InChI=1S/C12H12N2O/c13-11-7-6-10(8-12(11)14)15-9-4-2-1-3-5-9/h1-8H,13-14H2. The third-order valence-corrected chi connectivity index (χ3v) is 2.04. The number of nitrogen functional groups attached to an aromatic ring is 2. The number of anilines is 2. The molecule has 76 valence electrons. The summed E-state index contributed by atoms with van der Waals surface area (Å²) in [6.07, 6.45) is 0. The van der Waals surface area contributed by atoms with Crippen LogP contribution < -0.4 is 16.2 Å². The quantitative estimate of drug-likeness (QED) is 0.732. The molecule has 0 aliphatic carbocycles. The predicted molar refractivity (Wildman–Crippen MR) is 61.8 cm³/mol. The van der Waals surface area contributed by atoms with Crippen molar-refractivity contribution in [2.45, 2.75) is 0 Å². The van der Waals surface area contributed by atoms with Gasteiger partial charge in [0.25, 0.3) is 0 Å². The van der Waals surface area contributed by atoms with E-state index >= 15 is 0 Å². The molecule has 0 amide bonds. The summed E-state index contributed by atoms with van der Waals surface area (Å²) in [5.41, 5.74) is 12.4. The molecule has 0 aliphatic heterocycles. The first-order valence-electron chi connectivity index (χ1n) is 4.63. The van der Waals surface area contributed by atoms with Crippen molar-refractivity contribution in [3.63, 3.8) is 0 Å². The van der Waals surface area contributed by atoms with Gasteiger partial charge < -0.3 is 16.2 Å². The molecule has 0 fully saturated rings. The zero-order chi connectivity index (χ0) is 10.7. The van der Waals surface area contributed by atoms with Gasteiger partial charge in [-0.05, 0) is 24.3 Å². The highest BCUT2D eigenvalue weighted by molar-refractivity contribution is 5.65. The number of para-hydroxylation sites is 1. The van der Waals surface area contributed by atoms with Gasteiger partial charge >= 0.3 is 0 Å². The first kappa shape index (κ1) is 9.40. The monoisotopic (exact) mass is 200 g/mol. The van der Waals surface area contributed by atoms with Gasteiger partial charge in [0.15, 0.2) is 0 Å². The third kappa shape index (κ3) is 2.20. The zero-order valence-corrected chi connectivity index (χ0v) is 8.18. The normalized spacial score (nSPS) is 9.87. The Labute approximate surface area is 88.3 Å². The Balaban J connectivity index is 2.22. The van der Waals surface area contributed by atoms with Gasteiger partial charge in [-0.1, -0.05) is 18.2 Å². The van der Waals surface area contributed by atoms with Crippen LogP contribution in [0.4, 0.5) is 11.4 Å². The van der Waals surface area contributed by atoms with Crippen molar-refractivity contribution in [1.29, 1.82) is 0 Å². The molecule has 15 heavy (non-hydrogen) atoms. The zero-order valence-electron chi connectivity index (χ0n) is 8.18. The van der Waals surface area contributed by atoms with Crippen LogP contribution in [0.15, 0.2) is 48.5 Å². The first-order chi connectivity index (χ1) is 7.25. The lowest BCUT2D eigenvalue weighted by molar-refractivity contribution is 0.483. The highest BCUT2D eigenvalue weighted by Gasteiger charge is 1.99. The molecule has 0 aliphatic rings. The maximum atomic E-state index is 5.67. The number of ether oxygens (including phenoxy) is 1. The van der Waals surface area contributed by atoms with E-state index in [1.54, 1.807) is 18.2 Å².